The maximum atomic E-state index is 14.0. The standard InChI is InChI=1S/C35H49N5O9/c1-8-11-26(30(43)33(46)36-21(6)22(7)41)37-31(44)27-16-25(49-35(48)39-15-14-23-12-9-10-13-24(23)17-39)18-40(27)34(47)28(19(2)3)38-32(45)29(42)20(4)5/h9-10,12-13,19-21,25-28H,8,11,14-18H2,1-7H3,(H,36,46)(H,37,44)(H,38,45)/t21-,25+,26?,27?,28-/m0/s1. The number of fused-ring (bicyclic) bond motifs is 1. The van der Waals surface area contributed by atoms with Gasteiger partial charge in [0.2, 0.25) is 23.4 Å². The number of Topliss-reactive ketones (excluding diaryl/α,β-unsaturated/α-hetero) is 3. The van der Waals surface area contributed by atoms with Gasteiger partial charge in [-0.15, -0.1) is 0 Å². The second-order valence-corrected chi connectivity index (χ2v) is 13.4. The molecule has 0 saturated carbocycles. The maximum Gasteiger partial charge on any atom is 0.410 e. The molecule has 3 rings (SSSR count). The molecule has 2 heterocycles. The molecule has 2 aliphatic rings. The highest BCUT2D eigenvalue weighted by molar-refractivity contribution is 6.39. The van der Waals surface area contributed by atoms with Crippen LogP contribution in [-0.2, 0) is 51.3 Å². The molecule has 3 N–H and O–H groups in total. The Hall–Kier alpha value is -4.62. The number of amides is 5. The third kappa shape index (κ3) is 9.96. The zero-order chi connectivity index (χ0) is 36.6. The first-order valence-electron chi connectivity index (χ1n) is 16.9. The van der Waals surface area contributed by atoms with Gasteiger partial charge in [-0.05, 0) is 43.7 Å². The van der Waals surface area contributed by atoms with Crippen LogP contribution in [0.15, 0.2) is 24.3 Å². The molecule has 2 aliphatic heterocycles. The summed E-state index contributed by atoms with van der Waals surface area (Å²) in [6.07, 6.45) is -0.474. The molecule has 1 aromatic carbocycles. The molecular formula is C35H49N5O9. The van der Waals surface area contributed by atoms with E-state index >= 15 is 0 Å². The molecule has 14 heteroatoms. The first kappa shape index (κ1) is 38.8. The van der Waals surface area contributed by atoms with Crippen molar-refractivity contribution in [2.75, 3.05) is 13.1 Å². The number of carbonyl (C=O) groups is 8. The quantitative estimate of drug-likeness (QED) is 0.244. The van der Waals surface area contributed by atoms with E-state index in [2.05, 4.69) is 16.0 Å². The average molecular weight is 684 g/mol. The van der Waals surface area contributed by atoms with Gasteiger partial charge < -0.3 is 30.5 Å². The first-order chi connectivity index (χ1) is 23.0. The summed E-state index contributed by atoms with van der Waals surface area (Å²) in [5, 5.41) is 7.44. The van der Waals surface area contributed by atoms with Crippen molar-refractivity contribution in [3.8, 4) is 0 Å². The van der Waals surface area contributed by atoms with Crippen molar-refractivity contribution in [2.45, 2.75) is 111 Å². The Balaban J connectivity index is 1.85. The lowest BCUT2D eigenvalue weighted by molar-refractivity contribution is -0.146. The lowest BCUT2D eigenvalue weighted by Crippen LogP contribution is -2.58. The van der Waals surface area contributed by atoms with Crippen LogP contribution in [0.4, 0.5) is 4.79 Å². The monoisotopic (exact) mass is 683 g/mol. The van der Waals surface area contributed by atoms with Crippen molar-refractivity contribution in [1.82, 2.24) is 25.8 Å². The summed E-state index contributed by atoms with van der Waals surface area (Å²) in [7, 11) is 0. The summed E-state index contributed by atoms with van der Waals surface area (Å²) in [6.45, 7) is 11.5. The van der Waals surface area contributed by atoms with Gasteiger partial charge in [-0.1, -0.05) is 65.3 Å². The SMILES string of the molecule is CCCC(NC(=O)C1C[C@@H](OC(=O)N2CCc3ccccc3C2)CN1C(=O)[C@@H](NC(=O)C(=O)C(C)C)C(C)C)C(=O)C(=O)N[C@@H](C)C(C)=O. The molecule has 268 valence electrons. The van der Waals surface area contributed by atoms with Gasteiger partial charge in [0.15, 0.2) is 5.78 Å². The number of hydrogen-bond acceptors (Lipinski definition) is 9. The lowest BCUT2D eigenvalue weighted by atomic mass is 10.0. The second-order valence-electron chi connectivity index (χ2n) is 13.4. The number of carbonyl (C=O) groups excluding carboxylic acids is 8. The Labute approximate surface area is 287 Å². The van der Waals surface area contributed by atoms with E-state index in [1.54, 1.807) is 39.5 Å². The molecule has 1 aromatic rings. The van der Waals surface area contributed by atoms with Gasteiger partial charge in [0, 0.05) is 25.4 Å². The summed E-state index contributed by atoms with van der Waals surface area (Å²) >= 11 is 0. The van der Waals surface area contributed by atoms with Crippen molar-refractivity contribution >= 4 is 47.1 Å². The fraction of sp³-hybridized carbons (Fsp3) is 0.600. The number of nitrogens with one attached hydrogen (secondary N) is 3. The van der Waals surface area contributed by atoms with E-state index in [0.717, 1.165) is 11.1 Å². The molecule has 49 heavy (non-hydrogen) atoms. The van der Waals surface area contributed by atoms with Crippen molar-refractivity contribution in [3.63, 3.8) is 0 Å². The van der Waals surface area contributed by atoms with Crippen LogP contribution in [0.1, 0.15) is 78.9 Å². The van der Waals surface area contributed by atoms with Gasteiger partial charge in [0.25, 0.3) is 11.8 Å². The number of ether oxygens (including phenoxy) is 1. The highest BCUT2D eigenvalue weighted by Gasteiger charge is 2.46. The molecule has 2 unspecified atom stereocenters. The fourth-order valence-electron chi connectivity index (χ4n) is 5.76. The maximum absolute atomic E-state index is 14.0. The average Bonchev–Trinajstić information content (AvgIpc) is 3.49. The number of rotatable bonds is 14. The predicted molar refractivity (Wildman–Crippen MR) is 178 cm³/mol. The molecule has 1 saturated heterocycles. The predicted octanol–water partition coefficient (Wildman–Crippen LogP) is 1.46. The minimum atomic E-state index is -1.26. The Morgan fingerprint density at radius 2 is 1.51 bits per heavy atom. The first-order valence-corrected chi connectivity index (χ1v) is 16.9. The van der Waals surface area contributed by atoms with Gasteiger partial charge in [0.05, 0.1) is 18.6 Å². The molecule has 1 fully saturated rings. The van der Waals surface area contributed by atoms with Crippen LogP contribution in [0, 0.1) is 11.8 Å². The van der Waals surface area contributed by atoms with Gasteiger partial charge in [0.1, 0.15) is 18.2 Å². The molecule has 0 aromatic heterocycles. The van der Waals surface area contributed by atoms with Crippen LogP contribution in [0.2, 0.25) is 0 Å². The number of hydrogen-bond donors (Lipinski definition) is 3. The van der Waals surface area contributed by atoms with E-state index in [-0.39, 0.29) is 25.2 Å². The van der Waals surface area contributed by atoms with Gasteiger partial charge in [-0.3, -0.25) is 33.6 Å². The third-order valence-corrected chi connectivity index (χ3v) is 8.86. The zero-order valence-corrected chi connectivity index (χ0v) is 29.4. The van der Waals surface area contributed by atoms with Crippen LogP contribution in [0.3, 0.4) is 0 Å². The van der Waals surface area contributed by atoms with Gasteiger partial charge in [-0.25, -0.2) is 4.79 Å². The normalized spacial score (nSPS) is 19.0. The van der Waals surface area contributed by atoms with Crippen LogP contribution < -0.4 is 16.0 Å². The Bertz CT molecular complexity index is 1460. The molecule has 0 radical (unpaired) electrons. The highest BCUT2D eigenvalue weighted by Crippen LogP contribution is 2.26. The van der Waals surface area contributed by atoms with E-state index in [1.807, 2.05) is 24.3 Å². The molecule has 5 amide bonds. The smallest absolute Gasteiger partial charge is 0.410 e. The molecule has 0 spiro atoms. The number of likely N-dealkylation sites (tertiary alicyclic amines) is 1. The summed E-state index contributed by atoms with van der Waals surface area (Å²) in [6, 6.07) is 3.17. The number of nitrogens with zero attached hydrogens (tertiary/aromatic N) is 2. The van der Waals surface area contributed by atoms with Crippen LogP contribution in [0.25, 0.3) is 0 Å². The van der Waals surface area contributed by atoms with Gasteiger partial charge >= 0.3 is 6.09 Å². The Kier molecular flexibility index (Phi) is 13.6. The largest absolute Gasteiger partial charge is 0.444 e. The summed E-state index contributed by atoms with van der Waals surface area (Å²) < 4.78 is 5.83. The number of benzene rings is 1. The van der Waals surface area contributed by atoms with Crippen molar-refractivity contribution in [3.05, 3.63) is 35.4 Å². The van der Waals surface area contributed by atoms with Crippen LogP contribution in [-0.4, -0.2) is 100 Å². The second kappa shape index (κ2) is 17.2. The topological polar surface area (TPSA) is 188 Å². The van der Waals surface area contributed by atoms with E-state index in [4.69, 9.17) is 4.74 Å². The van der Waals surface area contributed by atoms with E-state index < -0.39 is 83.4 Å². The van der Waals surface area contributed by atoms with Crippen molar-refractivity contribution in [2.24, 2.45) is 11.8 Å². The summed E-state index contributed by atoms with van der Waals surface area (Å²) in [5.41, 5.74) is 2.13. The third-order valence-electron chi connectivity index (χ3n) is 8.86. The minimum Gasteiger partial charge on any atom is -0.444 e. The Morgan fingerprint density at radius 3 is 2.10 bits per heavy atom. The van der Waals surface area contributed by atoms with E-state index in [9.17, 15) is 38.4 Å². The fourth-order valence-corrected chi connectivity index (χ4v) is 5.76. The van der Waals surface area contributed by atoms with Crippen LogP contribution >= 0.6 is 0 Å². The van der Waals surface area contributed by atoms with Crippen LogP contribution in [0.5, 0.6) is 0 Å². The molecule has 0 bridgehead atoms. The summed E-state index contributed by atoms with van der Waals surface area (Å²) in [4.78, 5) is 106. The summed E-state index contributed by atoms with van der Waals surface area (Å²) in [5.74, 6) is -6.51. The molecule has 0 aliphatic carbocycles. The zero-order valence-electron chi connectivity index (χ0n) is 29.4. The molecular weight excluding hydrogens is 634 g/mol. The van der Waals surface area contributed by atoms with Crippen molar-refractivity contribution < 1.29 is 43.1 Å². The molecule has 14 nitrogen and oxygen atoms in total. The lowest BCUT2D eigenvalue weighted by Gasteiger charge is -2.31. The highest BCUT2D eigenvalue weighted by atomic mass is 16.6. The minimum absolute atomic E-state index is 0.101. The number of ketones is 3. The molecule has 5 atom stereocenters. The van der Waals surface area contributed by atoms with Gasteiger partial charge in [-0.2, -0.15) is 0 Å². The van der Waals surface area contributed by atoms with E-state index in [1.165, 1.54) is 18.7 Å². The van der Waals surface area contributed by atoms with E-state index in [0.29, 0.717) is 25.9 Å². The Morgan fingerprint density at radius 1 is 0.878 bits per heavy atom. The van der Waals surface area contributed by atoms with Crippen molar-refractivity contribution in [1.29, 1.82) is 0 Å².